The zero-order valence-electron chi connectivity index (χ0n) is 10.6. The molecule has 1 aromatic heterocycles. The number of sulfone groups is 1. The van der Waals surface area contributed by atoms with Gasteiger partial charge in [0.25, 0.3) is 0 Å². The predicted octanol–water partition coefficient (Wildman–Crippen LogP) is 2.22. The second-order valence-corrected chi connectivity index (χ2v) is 7.15. The van der Waals surface area contributed by atoms with Crippen LogP contribution in [0.2, 0.25) is 5.02 Å². The number of aromatic nitrogens is 1. The summed E-state index contributed by atoms with van der Waals surface area (Å²) in [5.41, 5.74) is 1.94. The van der Waals surface area contributed by atoms with Crippen LogP contribution in [0.25, 0.3) is 0 Å². The van der Waals surface area contributed by atoms with E-state index >= 15 is 0 Å². The smallest absolute Gasteiger partial charge is 0.173 e. The third kappa shape index (κ3) is 4.65. The van der Waals surface area contributed by atoms with E-state index in [2.05, 4.69) is 0 Å². The van der Waals surface area contributed by atoms with E-state index in [9.17, 15) is 8.42 Å². The normalized spacial score (nSPS) is 11.5. The van der Waals surface area contributed by atoms with E-state index in [4.69, 9.17) is 11.6 Å². The molecule has 2 aromatic rings. The summed E-state index contributed by atoms with van der Waals surface area (Å²) in [6.45, 7) is 0.732. The van der Waals surface area contributed by atoms with Crippen molar-refractivity contribution in [2.45, 2.75) is 12.3 Å². The zero-order chi connectivity index (χ0) is 13.9. The van der Waals surface area contributed by atoms with Gasteiger partial charge in [-0.05, 0) is 17.7 Å². The maximum Gasteiger partial charge on any atom is 0.173 e. The van der Waals surface area contributed by atoms with Gasteiger partial charge in [-0.1, -0.05) is 23.7 Å². The molecule has 0 bridgehead atoms. The molecule has 0 amide bonds. The van der Waals surface area contributed by atoms with Crippen LogP contribution in [0.1, 0.15) is 11.1 Å². The molecular formula is C14H15ClNO2S+. The summed E-state index contributed by atoms with van der Waals surface area (Å²) >= 11 is 5.83. The molecule has 19 heavy (non-hydrogen) atoms. The van der Waals surface area contributed by atoms with Gasteiger partial charge in [-0.15, -0.1) is 0 Å². The average Bonchev–Trinajstić information content (AvgIpc) is 2.33. The van der Waals surface area contributed by atoms with Gasteiger partial charge in [-0.25, -0.2) is 13.0 Å². The van der Waals surface area contributed by atoms with Crippen LogP contribution in [0.5, 0.6) is 0 Å². The highest BCUT2D eigenvalue weighted by atomic mass is 35.5. The number of benzene rings is 1. The lowest BCUT2D eigenvalue weighted by molar-refractivity contribution is -0.688. The number of rotatable bonds is 4. The van der Waals surface area contributed by atoms with Crippen molar-refractivity contribution in [3.05, 3.63) is 64.9 Å². The Morgan fingerprint density at radius 1 is 1.00 bits per heavy atom. The monoisotopic (exact) mass is 296 g/mol. The van der Waals surface area contributed by atoms with E-state index in [-0.39, 0.29) is 5.75 Å². The third-order valence-electron chi connectivity index (χ3n) is 2.67. The maximum atomic E-state index is 11.2. The fourth-order valence-corrected chi connectivity index (χ4v) is 2.72. The van der Waals surface area contributed by atoms with Crippen molar-refractivity contribution in [1.29, 1.82) is 0 Å². The lowest BCUT2D eigenvalue weighted by Gasteiger charge is -2.00. The molecule has 5 heteroatoms. The highest BCUT2D eigenvalue weighted by Crippen LogP contribution is 2.09. The second-order valence-electron chi connectivity index (χ2n) is 4.58. The van der Waals surface area contributed by atoms with E-state index in [1.54, 1.807) is 0 Å². The average molecular weight is 297 g/mol. The van der Waals surface area contributed by atoms with Crippen LogP contribution in [0, 0.1) is 0 Å². The van der Waals surface area contributed by atoms with Crippen LogP contribution >= 0.6 is 11.6 Å². The molecule has 0 N–H and O–H groups in total. The fourth-order valence-electron chi connectivity index (χ4n) is 1.79. The minimum absolute atomic E-state index is 0.0782. The van der Waals surface area contributed by atoms with Gasteiger partial charge < -0.3 is 0 Å². The molecule has 0 unspecified atom stereocenters. The van der Waals surface area contributed by atoms with Crippen molar-refractivity contribution in [3.8, 4) is 0 Å². The number of nitrogens with zero attached hydrogens (tertiary/aromatic N) is 1. The molecule has 0 aliphatic heterocycles. The summed E-state index contributed by atoms with van der Waals surface area (Å²) in [5, 5.41) is 0.720. The summed E-state index contributed by atoms with van der Waals surface area (Å²) < 4.78 is 24.4. The summed E-state index contributed by atoms with van der Waals surface area (Å²) in [5.74, 6) is 0.0782. The minimum atomic E-state index is -2.98. The van der Waals surface area contributed by atoms with Crippen molar-refractivity contribution in [2.24, 2.45) is 0 Å². The molecule has 100 valence electrons. The van der Waals surface area contributed by atoms with Gasteiger partial charge in [0.1, 0.15) is 0 Å². The Hall–Kier alpha value is -1.39. The van der Waals surface area contributed by atoms with Crippen molar-refractivity contribution < 1.29 is 13.0 Å². The molecule has 0 saturated heterocycles. The molecule has 0 radical (unpaired) electrons. The van der Waals surface area contributed by atoms with Gasteiger partial charge >= 0.3 is 0 Å². The molecule has 0 aliphatic rings. The van der Waals surface area contributed by atoms with E-state index < -0.39 is 9.84 Å². The largest absolute Gasteiger partial charge is 0.229 e. The lowest BCUT2D eigenvalue weighted by atomic mass is 10.2. The van der Waals surface area contributed by atoms with Gasteiger partial charge in [0.2, 0.25) is 0 Å². The summed E-state index contributed by atoms with van der Waals surface area (Å²) in [7, 11) is -2.98. The number of hydrogen-bond donors (Lipinski definition) is 0. The molecule has 0 aliphatic carbocycles. The molecular weight excluding hydrogens is 282 g/mol. The van der Waals surface area contributed by atoms with Crippen molar-refractivity contribution in [3.63, 3.8) is 0 Å². The van der Waals surface area contributed by atoms with Crippen LogP contribution in [0.3, 0.4) is 0 Å². The molecule has 0 atom stereocenters. The van der Waals surface area contributed by atoms with Crippen molar-refractivity contribution >= 4 is 21.4 Å². The molecule has 2 rings (SSSR count). The fraction of sp³-hybridized carbons (Fsp3) is 0.214. The summed E-state index contributed by atoms with van der Waals surface area (Å²) in [6.07, 6.45) is 5.01. The molecule has 0 fully saturated rings. The van der Waals surface area contributed by atoms with Gasteiger partial charge in [0.05, 0.1) is 5.75 Å². The van der Waals surface area contributed by atoms with Crippen molar-refractivity contribution in [1.82, 2.24) is 0 Å². The van der Waals surface area contributed by atoms with Gasteiger partial charge in [0, 0.05) is 29.0 Å². The number of halogens is 1. The summed E-state index contributed by atoms with van der Waals surface area (Å²) in [6, 6.07) is 11.3. The Bertz CT molecular complexity index is 649. The van der Waals surface area contributed by atoms with Crippen LogP contribution in [-0.2, 0) is 22.1 Å². The first-order chi connectivity index (χ1) is 8.92. The highest BCUT2D eigenvalue weighted by molar-refractivity contribution is 7.89. The lowest BCUT2D eigenvalue weighted by Crippen LogP contribution is -2.33. The van der Waals surface area contributed by atoms with Crippen LogP contribution < -0.4 is 4.57 Å². The van der Waals surface area contributed by atoms with E-state index in [0.29, 0.717) is 0 Å². The Morgan fingerprint density at radius 2 is 1.58 bits per heavy atom. The van der Waals surface area contributed by atoms with Gasteiger partial charge in [-0.3, -0.25) is 0 Å². The zero-order valence-corrected chi connectivity index (χ0v) is 12.2. The first kappa shape index (κ1) is 14.0. The number of pyridine rings is 1. The van der Waals surface area contributed by atoms with E-state index in [1.807, 2.05) is 53.4 Å². The van der Waals surface area contributed by atoms with E-state index in [1.165, 1.54) is 6.26 Å². The second kappa shape index (κ2) is 5.72. The van der Waals surface area contributed by atoms with Gasteiger partial charge in [-0.2, -0.15) is 0 Å². The molecule has 0 saturated carbocycles. The number of hydrogen-bond acceptors (Lipinski definition) is 2. The molecule has 3 nitrogen and oxygen atoms in total. The predicted molar refractivity (Wildman–Crippen MR) is 75.7 cm³/mol. The van der Waals surface area contributed by atoms with Crippen LogP contribution in [-0.4, -0.2) is 14.7 Å². The van der Waals surface area contributed by atoms with E-state index in [0.717, 1.165) is 22.7 Å². The SMILES string of the molecule is CS(=O)(=O)Cc1cc[n+](Cc2ccc(Cl)cc2)cc1. The minimum Gasteiger partial charge on any atom is -0.229 e. The van der Waals surface area contributed by atoms with Crippen LogP contribution in [0.4, 0.5) is 0 Å². The Balaban J connectivity index is 2.08. The van der Waals surface area contributed by atoms with Crippen molar-refractivity contribution in [2.75, 3.05) is 6.26 Å². The topological polar surface area (TPSA) is 38.0 Å². The molecule has 0 spiro atoms. The third-order valence-corrected chi connectivity index (χ3v) is 3.78. The Kier molecular flexibility index (Phi) is 4.22. The standard InChI is InChI=1S/C14H15ClNO2S/c1-19(17,18)11-13-6-8-16(9-7-13)10-12-2-4-14(15)5-3-12/h2-9H,10-11H2,1H3/q+1. The maximum absolute atomic E-state index is 11.2. The first-order valence-electron chi connectivity index (χ1n) is 5.82. The molecule has 1 heterocycles. The quantitative estimate of drug-likeness (QED) is 0.812. The molecule has 1 aromatic carbocycles. The highest BCUT2D eigenvalue weighted by Gasteiger charge is 2.07. The van der Waals surface area contributed by atoms with Gasteiger partial charge in [0.15, 0.2) is 28.8 Å². The summed E-state index contributed by atoms with van der Waals surface area (Å²) in [4.78, 5) is 0. The Labute approximate surface area is 118 Å². The first-order valence-corrected chi connectivity index (χ1v) is 8.26. The van der Waals surface area contributed by atoms with Crippen LogP contribution in [0.15, 0.2) is 48.8 Å². The Morgan fingerprint density at radius 3 is 2.11 bits per heavy atom.